The zero-order valence-electron chi connectivity index (χ0n) is 24.4. The maximum absolute atomic E-state index is 12.2. The average Bonchev–Trinajstić information content (AvgIpc) is 2.94. The van der Waals surface area contributed by atoms with E-state index in [0.717, 1.165) is 44.9 Å². The topological polar surface area (TPSA) is 84.9 Å². The number of carbonyl (C=O) groups excluding carboxylic acids is 2. The van der Waals surface area contributed by atoms with Gasteiger partial charge in [-0.3, -0.25) is 10.1 Å². The van der Waals surface area contributed by atoms with Gasteiger partial charge in [0.05, 0.1) is 6.61 Å². The molecule has 1 unspecified atom stereocenters. The number of unbranched alkanes of at least 4 members (excludes halogenated alkanes) is 3. The molecule has 0 heterocycles. The molecule has 0 saturated heterocycles. The summed E-state index contributed by atoms with van der Waals surface area (Å²) in [5, 5.41) is 13.1. The molecule has 1 aromatic carbocycles. The van der Waals surface area contributed by atoms with Crippen molar-refractivity contribution in [3.8, 4) is 5.75 Å². The monoisotopic (exact) mass is 551 g/mol. The van der Waals surface area contributed by atoms with Crippen molar-refractivity contribution in [1.82, 2.24) is 5.32 Å². The number of ether oxygens (including phenoxy) is 2. The molecule has 0 aliphatic rings. The summed E-state index contributed by atoms with van der Waals surface area (Å²) in [6, 6.07) is 6.47. The number of rotatable bonds is 22. The van der Waals surface area contributed by atoms with Crippen LogP contribution >= 0.6 is 0 Å². The molecule has 0 bridgehead atoms. The van der Waals surface area contributed by atoms with E-state index in [1.54, 1.807) is 24.3 Å². The molecule has 0 spiro atoms. The molecule has 6 heteroatoms. The first-order valence-corrected chi connectivity index (χ1v) is 14.7. The quantitative estimate of drug-likeness (QED) is 0.0503. The van der Waals surface area contributed by atoms with Gasteiger partial charge in [-0.05, 0) is 82.8 Å². The van der Waals surface area contributed by atoms with Crippen LogP contribution in [0.2, 0.25) is 0 Å². The fourth-order valence-electron chi connectivity index (χ4n) is 3.68. The summed E-state index contributed by atoms with van der Waals surface area (Å²) in [5.41, 5.74) is 0.214. The van der Waals surface area contributed by atoms with Crippen molar-refractivity contribution in [3.63, 3.8) is 0 Å². The molecule has 0 fully saturated rings. The third-order valence-electron chi connectivity index (χ3n) is 5.78. The van der Waals surface area contributed by atoms with Gasteiger partial charge in [0, 0.05) is 13.5 Å². The van der Waals surface area contributed by atoms with Gasteiger partial charge in [-0.15, -0.1) is 0 Å². The van der Waals surface area contributed by atoms with Crippen LogP contribution in [0.1, 0.15) is 94.8 Å². The Morgan fingerprint density at radius 3 is 2.02 bits per heavy atom. The van der Waals surface area contributed by atoms with E-state index in [9.17, 15) is 14.7 Å². The molecule has 6 nitrogen and oxygen atoms in total. The molecule has 0 aliphatic heterocycles. The summed E-state index contributed by atoms with van der Waals surface area (Å²) in [5.74, 6) is -0.852. The highest BCUT2D eigenvalue weighted by Crippen LogP contribution is 2.19. The molecule has 0 aliphatic carbocycles. The van der Waals surface area contributed by atoms with Crippen molar-refractivity contribution < 1.29 is 24.2 Å². The fraction of sp³-hybridized carbons (Fsp3) is 0.471. The first kappa shape index (κ1) is 34.8. The molecule has 1 atom stereocenters. The maximum Gasteiger partial charge on any atom is 0.341 e. The van der Waals surface area contributed by atoms with Crippen molar-refractivity contribution in [1.29, 1.82) is 0 Å². The minimum Gasteiger partial charge on any atom is -0.462 e. The van der Waals surface area contributed by atoms with E-state index in [-0.39, 0.29) is 17.9 Å². The van der Waals surface area contributed by atoms with E-state index < -0.39 is 18.2 Å². The predicted molar refractivity (Wildman–Crippen MR) is 164 cm³/mol. The smallest absolute Gasteiger partial charge is 0.341 e. The second-order valence-electron chi connectivity index (χ2n) is 9.38. The van der Waals surface area contributed by atoms with Crippen molar-refractivity contribution in [3.05, 3.63) is 90.6 Å². The highest BCUT2D eigenvalue weighted by atomic mass is 16.5. The lowest BCUT2D eigenvalue weighted by molar-refractivity contribution is -0.131. The van der Waals surface area contributed by atoms with Gasteiger partial charge in [-0.1, -0.05) is 79.8 Å². The summed E-state index contributed by atoms with van der Waals surface area (Å²) >= 11 is 0. The number of hydrogen-bond donors (Lipinski definition) is 2. The Morgan fingerprint density at radius 2 is 1.40 bits per heavy atom. The Morgan fingerprint density at radius 1 is 0.825 bits per heavy atom. The number of benzene rings is 1. The van der Waals surface area contributed by atoms with Crippen molar-refractivity contribution in [2.24, 2.45) is 0 Å². The van der Waals surface area contributed by atoms with E-state index in [0.29, 0.717) is 19.4 Å². The van der Waals surface area contributed by atoms with Crippen molar-refractivity contribution >= 4 is 11.9 Å². The van der Waals surface area contributed by atoms with Crippen LogP contribution in [-0.4, -0.2) is 36.4 Å². The average molecular weight is 552 g/mol. The Labute approximate surface area is 241 Å². The second kappa shape index (κ2) is 24.8. The number of aliphatic hydroxyl groups excluding tert-OH is 1. The van der Waals surface area contributed by atoms with Gasteiger partial charge in [0.1, 0.15) is 17.5 Å². The standard InChI is InChI=1S/C34H49NO5/c1-3-4-5-6-7-8-9-10-11-12-13-14-15-16-17-18-19-20-21-27-33(37)35-28-24-29-39-34(38)31-25-22-23-26-32(31)40-30(2)36/h4-5,7-8,10-11,16-17,19-20,22-23,25-26,33,35,37H,3,6,9,12-15,18,21,24,27-29H2,1-2H3/b5-4-,8-7-,11-10-,17-16-,20-19-. The minimum atomic E-state index is -0.603. The van der Waals surface area contributed by atoms with Crippen molar-refractivity contribution in [2.75, 3.05) is 13.2 Å². The van der Waals surface area contributed by atoms with E-state index in [1.165, 1.54) is 19.8 Å². The van der Waals surface area contributed by atoms with Gasteiger partial charge >= 0.3 is 11.9 Å². The van der Waals surface area contributed by atoms with E-state index in [1.807, 2.05) is 0 Å². The Kier molecular flexibility index (Phi) is 21.6. The zero-order valence-corrected chi connectivity index (χ0v) is 24.4. The lowest BCUT2D eigenvalue weighted by atomic mass is 10.1. The summed E-state index contributed by atoms with van der Waals surface area (Å²) in [6.07, 6.45) is 32.2. The highest BCUT2D eigenvalue weighted by molar-refractivity contribution is 5.93. The third kappa shape index (κ3) is 19.8. The Hall–Kier alpha value is -3.22. The molecule has 2 N–H and O–H groups in total. The van der Waals surface area contributed by atoms with Gasteiger partial charge in [-0.25, -0.2) is 4.79 Å². The van der Waals surface area contributed by atoms with Crippen LogP contribution in [0.3, 0.4) is 0 Å². The van der Waals surface area contributed by atoms with Crippen LogP contribution < -0.4 is 10.1 Å². The molecule has 0 amide bonds. The maximum atomic E-state index is 12.2. The number of para-hydroxylation sites is 1. The summed E-state index contributed by atoms with van der Waals surface area (Å²) in [4.78, 5) is 23.4. The Bertz CT molecular complexity index is 961. The fourth-order valence-corrected chi connectivity index (χ4v) is 3.68. The van der Waals surface area contributed by atoms with Crippen LogP contribution in [0.4, 0.5) is 0 Å². The molecule has 0 aromatic heterocycles. The third-order valence-corrected chi connectivity index (χ3v) is 5.78. The summed E-state index contributed by atoms with van der Waals surface area (Å²) < 4.78 is 10.3. The van der Waals surface area contributed by atoms with Gasteiger partial charge < -0.3 is 14.6 Å². The lowest BCUT2D eigenvalue weighted by Gasteiger charge is -2.12. The normalized spacial score (nSPS) is 12.9. The largest absolute Gasteiger partial charge is 0.462 e. The van der Waals surface area contributed by atoms with Gasteiger partial charge in [0.2, 0.25) is 0 Å². The Balaban J connectivity index is 1.99. The minimum absolute atomic E-state index is 0.186. The number of esters is 2. The molecular formula is C34H49NO5. The molecule has 0 saturated carbocycles. The van der Waals surface area contributed by atoms with E-state index in [2.05, 4.69) is 73.0 Å². The van der Waals surface area contributed by atoms with E-state index in [4.69, 9.17) is 9.47 Å². The number of nitrogens with one attached hydrogen (secondary N) is 1. The molecule has 220 valence electrons. The number of allylic oxidation sites excluding steroid dienone is 10. The molecule has 0 radical (unpaired) electrons. The second-order valence-corrected chi connectivity index (χ2v) is 9.38. The SMILES string of the molecule is CC/C=C\C/C=C\C/C=C\CCCC/C=C\C/C=C\CCC(O)NCCCOC(=O)c1ccccc1OC(C)=O. The van der Waals surface area contributed by atoms with E-state index >= 15 is 0 Å². The van der Waals surface area contributed by atoms with Crippen LogP contribution in [0.25, 0.3) is 0 Å². The van der Waals surface area contributed by atoms with Crippen LogP contribution in [0.5, 0.6) is 5.75 Å². The van der Waals surface area contributed by atoms with Gasteiger partial charge in [0.25, 0.3) is 0 Å². The first-order chi connectivity index (χ1) is 19.5. The number of carbonyl (C=O) groups is 2. The van der Waals surface area contributed by atoms with Crippen LogP contribution in [0, 0.1) is 0 Å². The van der Waals surface area contributed by atoms with Crippen LogP contribution in [0.15, 0.2) is 85.0 Å². The summed E-state index contributed by atoms with van der Waals surface area (Å²) in [7, 11) is 0. The molecule has 40 heavy (non-hydrogen) atoms. The molecular weight excluding hydrogens is 502 g/mol. The van der Waals surface area contributed by atoms with Crippen molar-refractivity contribution in [2.45, 2.75) is 90.7 Å². The summed E-state index contributed by atoms with van der Waals surface area (Å²) in [6.45, 7) is 4.16. The molecule has 1 rings (SSSR count). The van der Waals surface area contributed by atoms with Gasteiger partial charge in [0.15, 0.2) is 0 Å². The number of aliphatic hydroxyl groups is 1. The first-order valence-electron chi connectivity index (χ1n) is 14.7. The van der Waals surface area contributed by atoms with Gasteiger partial charge in [-0.2, -0.15) is 0 Å². The van der Waals surface area contributed by atoms with Crippen LogP contribution in [-0.2, 0) is 9.53 Å². The predicted octanol–water partition coefficient (Wildman–Crippen LogP) is 7.77. The lowest BCUT2D eigenvalue weighted by Crippen LogP contribution is -2.30. The highest BCUT2D eigenvalue weighted by Gasteiger charge is 2.14. The number of hydrogen-bond acceptors (Lipinski definition) is 6. The molecule has 1 aromatic rings. The zero-order chi connectivity index (χ0) is 29.1.